The quantitative estimate of drug-likeness (QED) is 0.0483. The zero-order valence-electron chi connectivity index (χ0n) is 39.5. The third-order valence-electron chi connectivity index (χ3n) is 11.1. The number of sulfonamides is 2. The van der Waals surface area contributed by atoms with Crippen LogP contribution < -0.4 is 18.9 Å². The van der Waals surface area contributed by atoms with Crippen molar-refractivity contribution in [3.63, 3.8) is 0 Å². The van der Waals surface area contributed by atoms with Crippen LogP contribution in [0, 0.1) is 7.14 Å². The highest BCUT2D eigenvalue weighted by Crippen LogP contribution is 2.38. The van der Waals surface area contributed by atoms with Gasteiger partial charge < -0.3 is 28.1 Å². The summed E-state index contributed by atoms with van der Waals surface area (Å²) in [5.41, 5.74) is 3.42. The van der Waals surface area contributed by atoms with Crippen LogP contribution in [0.4, 0.5) is 0 Å². The van der Waals surface area contributed by atoms with Gasteiger partial charge in [0, 0.05) is 38.9 Å². The topological polar surface area (TPSA) is 278 Å². The van der Waals surface area contributed by atoms with E-state index in [4.69, 9.17) is 18.9 Å². The Morgan fingerprint density at radius 2 is 0.905 bits per heavy atom. The van der Waals surface area contributed by atoms with Gasteiger partial charge in [0.15, 0.2) is 22.2 Å². The van der Waals surface area contributed by atoms with Crippen molar-refractivity contribution in [1.82, 2.24) is 29.2 Å². The van der Waals surface area contributed by atoms with E-state index >= 15 is 0 Å². The Morgan fingerprint density at radius 3 is 1.20 bits per heavy atom. The smallest absolute Gasteiger partial charge is 0.245 e. The molecule has 2 atom stereocenters. The van der Waals surface area contributed by atoms with Crippen LogP contribution >= 0.6 is 45.2 Å². The normalized spacial score (nSPS) is 13.2. The summed E-state index contributed by atoms with van der Waals surface area (Å²) in [6.45, 7) is 0.0288. The zero-order valence-corrected chi connectivity index (χ0v) is 47.1. The fourth-order valence-electron chi connectivity index (χ4n) is 7.40. The minimum atomic E-state index is -4.39. The van der Waals surface area contributed by atoms with Gasteiger partial charge in [0.05, 0.1) is 49.5 Å². The van der Waals surface area contributed by atoms with Crippen LogP contribution in [0.5, 0.6) is 23.0 Å². The van der Waals surface area contributed by atoms with E-state index in [2.05, 4.69) is 36.1 Å². The SMILES string of the molecule is COc1ccc(CN(Cc2ccc(OC)cc2)S(=O)(=O)c2c(S(=O)O)ccc(I)c2-c2nn[nH]n2)cc1.COc1ccc(CN(Cc2ccc(OC)cc2)S(=O)(=O)c2c(S(=O)O)ccc(I)c2C2=NN=NC2)cc1. The Morgan fingerprint density at radius 1 is 0.554 bits per heavy atom. The molecule has 0 saturated carbocycles. The molecule has 7 aromatic rings. The number of aromatic amines is 1. The molecule has 1 aromatic heterocycles. The van der Waals surface area contributed by atoms with Gasteiger partial charge in [-0.25, -0.2) is 25.3 Å². The molecule has 1 aliphatic heterocycles. The third-order valence-corrected chi connectivity index (χ3v) is 18.3. The van der Waals surface area contributed by atoms with Gasteiger partial charge in [0.2, 0.25) is 25.9 Å². The lowest BCUT2D eigenvalue weighted by molar-refractivity contribution is 0.396. The molecule has 1 aliphatic rings. The van der Waals surface area contributed by atoms with Crippen LogP contribution in [0.2, 0.25) is 0 Å². The number of aromatic nitrogens is 4. The molecule has 2 unspecified atom stereocenters. The van der Waals surface area contributed by atoms with Gasteiger partial charge in [-0.15, -0.1) is 15.3 Å². The number of rotatable bonds is 20. The van der Waals surface area contributed by atoms with Gasteiger partial charge in [-0.2, -0.15) is 18.9 Å². The minimum absolute atomic E-state index is 0.00198. The molecule has 0 fully saturated rings. The molecule has 0 radical (unpaired) electrons. The Kier molecular flexibility index (Phi) is 19.2. The van der Waals surface area contributed by atoms with Crippen molar-refractivity contribution in [2.75, 3.05) is 35.0 Å². The maximum absolute atomic E-state index is 14.4. The summed E-state index contributed by atoms with van der Waals surface area (Å²) in [6.07, 6.45) is 0. The van der Waals surface area contributed by atoms with E-state index in [1.807, 2.05) is 45.2 Å². The molecule has 0 saturated heterocycles. The first kappa shape index (κ1) is 56.1. The van der Waals surface area contributed by atoms with E-state index < -0.39 is 42.2 Å². The van der Waals surface area contributed by atoms with Crippen molar-refractivity contribution in [2.24, 2.45) is 15.4 Å². The van der Waals surface area contributed by atoms with Crippen molar-refractivity contribution >= 4 is 93.1 Å². The van der Waals surface area contributed by atoms with Crippen LogP contribution in [-0.2, 0) is 68.4 Å². The molecular formula is C47H45I2N9O12S4. The van der Waals surface area contributed by atoms with Crippen molar-refractivity contribution in [3.8, 4) is 34.4 Å². The Balaban J connectivity index is 0.000000216. The minimum Gasteiger partial charge on any atom is -0.497 e. The first-order valence-electron chi connectivity index (χ1n) is 21.5. The summed E-state index contributed by atoms with van der Waals surface area (Å²) in [6, 6.07) is 33.8. The lowest BCUT2D eigenvalue weighted by Gasteiger charge is -2.25. The number of tetrazole rings is 1. The molecule has 21 nitrogen and oxygen atoms in total. The van der Waals surface area contributed by atoms with Gasteiger partial charge in [0.1, 0.15) is 39.3 Å². The predicted octanol–water partition coefficient (Wildman–Crippen LogP) is 7.91. The second kappa shape index (κ2) is 25.3. The number of nitrogens with one attached hydrogen (secondary N) is 1. The maximum atomic E-state index is 14.4. The molecular weight excluding hydrogens is 1260 g/mol. The average Bonchev–Trinajstić information content (AvgIpc) is 4.15. The van der Waals surface area contributed by atoms with E-state index in [0.29, 0.717) is 58.1 Å². The van der Waals surface area contributed by atoms with Crippen molar-refractivity contribution < 1.29 is 53.3 Å². The lowest BCUT2D eigenvalue weighted by atomic mass is 10.1. The predicted molar refractivity (Wildman–Crippen MR) is 291 cm³/mol. The Labute approximate surface area is 458 Å². The van der Waals surface area contributed by atoms with Gasteiger partial charge in [-0.3, -0.25) is 0 Å². The molecule has 0 aliphatic carbocycles. The van der Waals surface area contributed by atoms with E-state index in [-0.39, 0.29) is 69.3 Å². The van der Waals surface area contributed by atoms with Gasteiger partial charge in [-0.1, -0.05) is 48.5 Å². The largest absolute Gasteiger partial charge is 0.497 e. The summed E-state index contributed by atoms with van der Waals surface area (Å²) in [4.78, 5) is -1.16. The van der Waals surface area contributed by atoms with Crippen molar-refractivity contribution in [2.45, 2.75) is 45.8 Å². The molecule has 6 aromatic carbocycles. The summed E-state index contributed by atoms with van der Waals surface area (Å²) in [5, 5.41) is 25.2. The lowest BCUT2D eigenvalue weighted by Crippen LogP contribution is -2.33. The number of hydrogen-bond acceptors (Lipinski definition) is 16. The number of H-pyrrole nitrogens is 1. The Hall–Kier alpha value is -5.64. The number of ether oxygens (including phenoxy) is 4. The molecule has 0 bridgehead atoms. The monoisotopic (exact) mass is 1310 g/mol. The molecule has 3 N–H and O–H groups in total. The van der Waals surface area contributed by atoms with Crippen LogP contribution in [0.15, 0.2) is 156 Å². The van der Waals surface area contributed by atoms with Gasteiger partial charge in [0.25, 0.3) is 0 Å². The number of halogens is 2. The number of methoxy groups -OCH3 is 4. The first-order chi connectivity index (χ1) is 35.5. The maximum Gasteiger partial charge on any atom is 0.245 e. The van der Waals surface area contributed by atoms with Crippen LogP contribution in [-0.4, -0.2) is 104 Å². The Bertz CT molecular complexity index is 3330. The van der Waals surface area contributed by atoms with Gasteiger partial charge >= 0.3 is 0 Å². The fraction of sp³-hybridized carbons (Fsp3) is 0.191. The first-order valence-corrected chi connectivity index (χ1v) is 28.8. The van der Waals surface area contributed by atoms with E-state index in [0.717, 1.165) is 0 Å². The molecule has 2 heterocycles. The molecule has 388 valence electrons. The number of nitrogens with zero attached hydrogens (tertiary/aromatic N) is 8. The van der Waals surface area contributed by atoms with Crippen LogP contribution in [0.3, 0.4) is 0 Å². The van der Waals surface area contributed by atoms with Crippen molar-refractivity contribution in [1.29, 1.82) is 0 Å². The second-order valence-electron chi connectivity index (χ2n) is 15.6. The highest BCUT2D eigenvalue weighted by Gasteiger charge is 2.37. The van der Waals surface area contributed by atoms with E-state index in [9.17, 15) is 34.4 Å². The highest BCUT2D eigenvalue weighted by molar-refractivity contribution is 14.1. The highest BCUT2D eigenvalue weighted by atomic mass is 127. The number of benzene rings is 6. The molecule has 8 rings (SSSR count). The zero-order chi connectivity index (χ0) is 53.2. The summed E-state index contributed by atoms with van der Waals surface area (Å²) in [7, 11) is -2.55. The van der Waals surface area contributed by atoms with Crippen molar-refractivity contribution in [3.05, 3.63) is 156 Å². The fourth-order valence-corrected chi connectivity index (χ4v) is 14.6. The third kappa shape index (κ3) is 13.2. The molecule has 27 heteroatoms. The standard InChI is InChI=1S/C24H23IN4O6S2.C23H22IN5O6S2/c1-34-18-7-3-16(4-8-18)14-29(15-17-5-9-19(35-2)10-6-17)37(32,33)24-22(36(30)31)12-11-20(25)23(24)21-13-26-28-27-21;1-34-17-7-3-15(4-8-17)13-29(14-16-5-9-18(35-2)10-6-16)37(32,33)22-20(36(30)31)12-11-19(24)21(22)23-25-27-28-26-23/h3-12H,13-15H2,1-2H3,(H,30,31);3-12H,13-14H2,1-2H3,(H,30,31)(H,25,26,27,28). The second-order valence-corrected chi connectivity index (χ2v) is 23.6. The summed E-state index contributed by atoms with van der Waals surface area (Å²) >= 11 is -1.27. The van der Waals surface area contributed by atoms with E-state index in [1.54, 1.807) is 132 Å². The number of hydrogen-bond donors (Lipinski definition) is 3. The van der Waals surface area contributed by atoms with Gasteiger partial charge in [-0.05, 0) is 151 Å². The average molecular weight is 1310 g/mol. The van der Waals surface area contributed by atoms with Crippen LogP contribution in [0.25, 0.3) is 11.4 Å². The van der Waals surface area contributed by atoms with Crippen LogP contribution in [0.1, 0.15) is 27.8 Å². The molecule has 0 spiro atoms. The molecule has 74 heavy (non-hydrogen) atoms. The summed E-state index contributed by atoms with van der Waals surface area (Å²) in [5.74, 6) is 2.52. The summed E-state index contributed by atoms with van der Waals surface area (Å²) < 4.78 is 127. The molecule has 0 amide bonds. The van der Waals surface area contributed by atoms with E-state index in [1.165, 1.54) is 26.8 Å².